The number of ether oxygens (including phenoxy) is 1. The Labute approximate surface area is 124 Å². The van der Waals surface area contributed by atoms with Gasteiger partial charge in [-0.05, 0) is 39.2 Å². The fourth-order valence-corrected chi connectivity index (χ4v) is 2.22. The third-order valence-electron chi connectivity index (χ3n) is 3.11. The van der Waals surface area contributed by atoms with Crippen molar-refractivity contribution in [2.24, 2.45) is 5.92 Å². The lowest BCUT2D eigenvalue weighted by Crippen LogP contribution is -2.39. The smallest absolute Gasteiger partial charge is 0.414 e. The summed E-state index contributed by atoms with van der Waals surface area (Å²) in [5, 5.41) is 0. The summed E-state index contributed by atoms with van der Waals surface area (Å²) in [4.78, 5) is 17.8. The molecular weight excluding hydrogens is 271 g/mol. The molecule has 0 fully saturated rings. The second-order valence-electron chi connectivity index (χ2n) is 6.41. The summed E-state index contributed by atoms with van der Waals surface area (Å²) in [7, 11) is 0. The standard InChI is InChI=1S/C16H21FN2O2/c1-11-5-6-14(12-7-13(17)9-18-8-12)19(10-11)15(20)21-16(2,3)4/h6-9,11H,5,10H2,1-4H3. The van der Waals surface area contributed by atoms with Crippen molar-refractivity contribution in [3.05, 3.63) is 35.9 Å². The van der Waals surface area contributed by atoms with E-state index in [9.17, 15) is 9.18 Å². The van der Waals surface area contributed by atoms with Crippen molar-refractivity contribution >= 4 is 11.8 Å². The first-order valence-electron chi connectivity index (χ1n) is 7.08. The summed E-state index contributed by atoms with van der Waals surface area (Å²) >= 11 is 0. The van der Waals surface area contributed by atoms with Crippen molar-refractivity contribution in [1.29, 1.82) is 0 Å². The van der Waals surface area contributed by atoms with Crippen LogP contribution in [0.25, 0.3) is 5.70 Å². The Balaban J connectivity index is 2.30. The fourth-order valence-electron chi connectivity index (χ4n) is 2.22. The van der Waals surface area contributed by atoms with E-state index in [-0.39, 0.29) is 0 Å². The van der Waals surface area contributed by atoms with E-state index in [0.717, 1.165) is 12.6 Å². The number of hydrogen-bond donors (Lipinski definition) is 0. The number of aromatic nitrogens is 1. The zero-order chi connectivity index (χ0) is 15.6. The number of carbonyl (C=O) groups is 1. The van der Waals surface area contributed by atoms with Crippen LogP contribution in [0.3, 0.4) is 0 Å². The van der Waals surface area contributed by atoms with Gasteiger partial charge in [-0.15, -0.1) is 0 Å². The Hall–Kier alpha value is -1.91. The van der Waals surface area contributed by atoms with Gasteiger partial charge in [-0.3, -0.25) is 9.88 Å². The van der Waals surface area contributed by atoms with Crippen molar-refractivity contribution in [3.63, 3.8) is 0 Å². The summed E-state index contributed by atoms with van der Waals surface area (Å²) in [5.74, 6) is -0.0843. The van der Waals surface area contributed by atoms with Gasteiger partial charge in [-0.25, -0.2) is 9.18 Å². The van der Waals surface area contributed by atoms with Crippen LogP contribution >= 0.6 is 0 Å². The zero-order valence-corrected chi connectivity index (χ0v) is 12.9. The normalized spacial score (nSPS) is 19.2. The lowest BCUT2D eigenvalue weighted by molar-refractivity contribution is 0.0327. The average molecular weight is 292 g/mol. The Morgan fingerprint density at radius 1 is 1.43 bits per heavy atom. The van der Waals surface area contributed by atoms with Crippen molar-refractivity contribution < 1.29 is 13.9 Å². The first-order valence-corrected chi connectivity index (χ1v) is 7.08. The highest BCUT2D eigenvalue weighted by Gasteiger charge is 2.29. The summed E-state index contributed by atoms with van der Waals surface area (Å²) < 4.78 is 18.8. The first kappa shape index (κ1) is 15.5. The van der Waals surface area contributed by atoms with Crippen LogP contribution in [0.1, 0.15) is 39.7 Å². The molecule has 114 valence electrons. The fraction of sp³-hybridized carbons (Fsp3) is 0.500. The molecule has 1 aliphatic rings. The Kier molecular flexibility index (Phi) is 4.30. The zero-order valence-electron chi connectivity index (χ0n) is 12.9. The molecule has 0 radical (unpaired) electrons. The highest BCUT2D eigenvalue weighted by Crippen LogP contribution is 2.29. The molecule has 0 spiro atoms. The van der Waals surface area contributed by atoms with Gasteiger partial charge < -0.3 is 4.74 Å². The molecule has 2 heterocycles. The molecule has 1 atom stereocenters. The molecule has 1 aromatic rings. The van der Waals surface area contributed by atoms with E-state index >= 15 is 0 Å². The van der Waals surface area contributed by atoms with Gasteiger partial charge in [0.1, 0.15) is 11.4 Å². The SMILES string of the molecule is CC1CC=C(c2cncc(F)c2)N(C(=O)OC(C)(C)C)C1. The van der Waals surface area contributed by atoms with E-state index in [1.807, 2.05) is 26.8 Å². The summed E-state index contributed by atoms with van der Waals surface area (Å²) in [6.45, 7) is 8.09. The first-order chi connectivity index (χ1) is 9.76. The molecule has 0 bridgehead atoms. The van der Waals surface area contributed by atoms with Gasteiger partial charge >= 0.3 is 6.09 Å². The Morgan fingerprint density at radius 3 is 2.76 bits per heavy atom. The van der Waals surface area contributed by atoms with Crippen LogP contribution < -0.4 is 0 Å². The summed E-state index contributed by atoms with van der Waals surface area (Å²) in [6.07, 6.45) is 5.07. The second kappa shape index (κ2) is 5.84. The molecule has 5 heteroatoms. The molecule has 1 aliphatic heterocycles. The topological polar surface area (TPSA) is 42.4 Å². The van der Waals surface area contributed by atoms with Crippen LogP contribution in [0.5, 0.6) is 0 Å². The van der Waals surface area contributed by atoms with E-state index in [1.165, 1.54) is 6.07 Å². The van der Waals surface area contributed by atoms with Gasteiger partial charge in [0, 0.05) is 18.3 Å². The molecule has 1 amide bonds. The summed E-state index contributed by atoms with van der Waals surface area (Å²) in [6, 6.07) is 1.38. The van der Waals surface area contributed by atoms with E-state index in [4.69, 9.17) is 4.74 Å². The van der Waals surface area contributed by atoms with Crippen LogP contribution in [0.2, 0.25) is 0 Å². The van der Waals surface area contributed by atoms with Crippen LogP contribution in [0.4, 0.5) is 9.18 Å². The van der Waals surface area contributed by atoms with E-state index in [0.29, 0.717) is 23.7 Å². The monoisotopic (exact) mass is 292 g/mol. The Bertz CT molecular complexity index is 564. The number of allylic oxidation sites excluding steroid dienone is 1. The minimum Gasteiger partial charge on any atom is -0.443 e. The van der Waals surface area contributed by atoms with E-state index < -0.39 is 17.5 Å². The maximum atomic E-state index is 13.4. The molecule has 0 aliphatic carbocycles. The molecule has 0 aromatic carbocycles. The molecule has 2 rings (SSSR count). The minimum absolute atomic E-state index is 0.336. The predicted molar refractivity (Wildman–Crippen MR) is 78.9 cm³/mol. The van der Waals surface area contributed by atoms with Crippen LogP contribution in [0.15, 0.2) is 24.5 Å². The number of amides is 1. The van der Waals surface area contributed by atoms with Crippen molar-refractivity contribution in [2.45, 2.75) is 39.7 Å². The van der Waals surface area contributed by atoms with Gasteiger partial charge in [0.05, 0.1) is 11.9 Å². The average Bonchev–Trinajstić information content (AvgIpc) is 2.36. The lowest BCUT2D eigenvalue weighted by atomic mass is 9.99. The second-order valence-corrected chi connectivity index (χ2v) is 6.41. The van der Waals surface area contributed by atoms with Crippen LogP contribution in [-0.4, -0.2) is 28.1 Å². The maximum Gasteiger partial charge on any atom is 0.414 e. The third-order valence-corrected chi connectivity index (χ3v) is 3.11. The maximum absolute atomic E-state index is 13.4. The van der Waals surface area contributed by atoms with Crippen LogP contribution in [-0.2, 0) is 4.74 Å². The van der Waals surface area contributed by atoms with E-state index in [1.54, 1.807) is 11.1 Å². The van der Waals surface area contributed by atoms with Gasteiger partial charge in [0.15, 0.2) is 0 Å². The molecular formula is C16H21FN2O2. The number of carbonyl (C=O) groups excluding carboxylic acids is 1. The minimum atomic E-state index is -0.566. The van der Waals surface area contributed by atoms with Gasteiger partial charge in [-0.1, -0.05) is 13.0 Å². The highest BCUT2D eigenvalue weighted by atomic mass is 19.1. The molecule has 1 unspecified atom stereocenters. The van der Waals surface area contributed by atoms with Crippen LogP contribution in [0, 0.1) is 11.7 Å². The van der Waals surface area contributed by atoms with E-state index in [2.05, 4.69) is 11.9 Å². The molecule has 21 heavy (non-hydrogen) atoms. The third kappa shape index (κ3) is 4.03. The largest absolute Gasteiger partial charge is 0.443 e. The molecule has 1 aromatic heterocycles. The lowest BCUT2D eigenvalue weighted by Gasteiger charge is -2.33. The molecule has 0 saturated heterocycles. The number of rotatable bonds is 1. The van der Waals surface area contributed by atoms with Crippen molar-refractivity contribution in [3.8, 4) is 0 Å². The Morgan fingerprint density at radius 2 is 2.14 bits per heavy atom. The number of pyridine rings is 1. The summed E-state index contributed by atoms with van der Waals surface area (Å²) in [5.41, 5.74) is 0.686. The quantitative estimate of drug-likeness (QED) is 0.790. The molecule has 0 saturated carbocycles. The predicted octanol–water partition coefficient (Wildman–Crippen LogP) is 3.84. The van der Waals surface area contributed by atoms with Crippen molar-refractivity contribution in [1.82, 2.24) is 9.88 Å². The molecule has 4 nitrogen and oxygen atoms in total. The number of hydrogen-bond acceptors (Lipinski definition) is 3. The van der Waals surface area contributed by atoms with Gasteiger partial charge in [-0.2, -0.15) is 0 Å². The van der Waals surface area contributed by atoms with Gasteiger partial charge in [0.2, 0.25) is 0 Å². The van der Waals surface area contributed by atoms with Crippen molar-refractivity contribution in [2.75, 3.05) is 6.54 Å². The highest BCUT2D eigenvalue weighted by molar-refractivity contribution is 5.82. The number of halogens is 1. The molecule has 0 N–H and O–H groups in total. The van der Waals surface area contributed by atoms with Gasteiger partial charge in [0.25, 0.3) is 0 Å². The number of nitrogens with zero attached hydrogens (tertiary/aromatic N) is 2.